The summed E-state index contributed by atoms with van der Waals surface area (Å²) < 4.78 is 0. The Morgan fingerprint density at radius 1 is 0.923 bits per heavy atom. The molecule has 0 aliphatic carbocycles. The number of nitrogens with zero attached hydrogens (tertiary/aromatic N) is 2. The molecule has 0 rings (SSSR count). The number of hydrogen-bond donors (Lipinski definition) is 0. The van der Waals surface area contributed by atoms with Gasteiger partial charge in [0.1, 0.15) is 0 Å². The van der Waals surface area contributed by atoms with Crippen molar-refractivity contribution in [1.82, 2.24) is 9.80 Å². The highest BCUT2D eigenvalue weighted by Crippen LogP contribution is 2.06. The molecule has 0 unspecified atom stereocenters. The molecular weight excluding hydrogens is 160 g/mol. The Kier molecular flexibility index (Phi) is 6.92. The molecule has 0 fully saturated rings. The summed E-state index contributed by atoms with van der Waals surface area (Å²) in [5.41, 5.74) is 0. The van der Waals surface area contributed by atoms with Crippen LogP contribution in [0.15, 0.2) is 12.7 Å². The first kappa shape index (κ1) is 12.7. The van der Waals surface area contributed by atoms with Crippen LogP contribution in [-0.2, 0) is 0 Å². The molecule has 2 nitrogen and oxygen atoms in total. The number of hydrogen-bond acceptors (Lipinski definition) is 2. The lowest BCUT2D eigenvalue weighted by Crippen LogP contribution is -2.46. The van der Waals surface area contributed by atoms with Gasteiger partial charge < -0.3 is 0 Å². The third-order valence-corrected chi connectivity index (χ3v) is 2.58. The first-order valence-electron chi connectivity index (χ1n) is 5.35. The molecule has 0 saturated heterocycles. The third kappa shape index (κ3) is 3.49. The minimum Gasteiger partial charge on any atom is -0.285 e. The van der Waals surface area contributed by atoms with Crippen molar-refractivity contribution in [3.8, 4) is 0 Å². The van der Waals surface area contributed by atoms with Crippen LogP contribution in [0.2, 0.25) is 0 Å². The summed E-state index contributed by atoms with van der Waals surface area (Å²) in [5.74, 6) is 0. The molecule has 0 aromatic carbocycles. The first-order valence-corrected chi connectivity index (χ1v) is 5.35. The predicted octanol–water partition coefficient (Wildman–Crippen LogP) is 2.18. The lowest BCUT2D eigenvalue weighted by Gasteiger charge is -2.35. The molecule has 0 bridgehead atoms. The molecule has 0 heterocycles. The van der Waals surface area contributed by atoms with Gasteiger partial charge in [-0.3, -0.25) is 9.80 Å². The molecule has 2 heteroatoms. The Labute approximate surface area is 83.2 Å². The van der Waals surface area contributed by atoms with E-state index in [1.165, 1.54) is 0 Å². The van der Waals surface area contributed by atoms with Gasteiger partial charge in [0.2, 0.25) is 0 Å². The van der Waals surface area contributed by atoms with Crippen LogP contribution in [0, 0.1) is 0 Å². The Morgan fingerprint density at radius 3 is 1.38 bits per heavy atom. The Balaban J connectivity index is 4.34. The molecule has 0 atom stereocenters. The topological polar surface area (TPSA) is 6.48 Å². The molecule has 0 aromatic rings. The Hall–Kier alpha value is -0.340. The zero-order valence-electron chi connectivity index (χ0n) is 9.58. The second-order valence-corrected chi connectivity index (χ2v) is 3.09. The summed E-state index contributed by atoms with van der Waals surface area (Å²) in [6.07, 6.45) is 2.45. The van der Waals surface area contributed by atoms with E-state index < -0.39 is 0 Å². The molecule has 13 heavy (non-hydrogen) atoms. The molecule has 0 aromatic heterocycles. The lowest BCUT2D eigenvalue weighted by atomic mass is 10.3. The van der Waals surface area contributed by atoms with Crippen molar-refractivity contribution < 1.29 is 0 Å². The summed E-state index contributed by atoms with van der Waals surface area (Å²) in [6, 6.07) is 0. The Bertz CT molecular complexity index is 114. The van der Waals surface area contributed by atoms with Crippen molar-refractivity contribution in [1.29, 1.82) is 0 Å². The van der Waals surface area contributed by atoms with Crippen LogP contribution >= 0.6 is 0 Å². The zero-order valence-corrected chi connectivity index (χ0v) is 9.58. The van der Waals surface area contributed by atoms with Crippen LogP contribution < -0.4 is 0 Å². The van der Waals surface area contributed by atoms with Crippen LogP contribution in [0.4, 0.5) is 0 Å². The fourth-order valence-electron chi connectivity index (χ4n) is 1.72. The van der Waals surface area contributed by atoms with E-state index in [1.807, 2.05) is 6.08 Å². The SMILES string of the molecule is C=CC(N(CC)CC)N(CC)CC. The standard InChI is InChI=1S/C11H24N2/c1-6-11(12(7-2)8-3)13(9-4)10-5/h6,11H,1,7-10H2,2-5H3. The van der Waals surface area contributed by atoms with Crippen molar-refractivity contribution in [3.05, 3.63) is 12.7 Å². The van der Waals surface area contributed by atoms with Gasteiger partial charge in [-0.25, -0.2) is 0 Å². The minimum atomic E-state index is 0.407. The Morgan fingerprint density at radius 2 is 1.23 bits per heavy atom. The molecule has 0 aliphatic rings. The van der Waals surface area contributed by atoms with E-state index in [0.29, 0.717) is 6.17 Å². The number of rotatable bonds is 7. The van der Waals surface area contributed by atoms with Gasteiger partial charge >= 0.3 is 0 Å². The van der Waals surface area contributed by atoms with Crippen molar-refractivity contribution in [3.63, 3.8) is 0 Å². The van der Waals surface area contributed by atoms with Crippen molar-refractivity contribution in [2.45, 2.75) is 33.9 Å². The van der Waals surface area contributed by atoms with E-state index >= 15 is 0 Å². The lowest BCUT2D eigenvalue weighted by molar-refractivity contribution is 0.0930. The molecule has 0 amide bonds. The van der Waals surface area contributed by atoms with Crippen LogP contribution in [0.5, 0.6) is 0 Å². The first-order chi connectivity index (χ1) is 6.24. The summed E-state index contributed by atoms with van der Waals surface area (Å²) in [5, 5.41) is 0. The average molecular weight is 184 g/mol. The average Bonchev–Trinajstić information content (AvgIpc) is 2.18. The molecule has 0 spiro atoms. The highest BCUT2D eigenvalue weighted by Gasteiger charge is 2.16. The molecule has 0 N–H and O–H groups in total. The van der Waals surface area contributed by atoms with E-state index in [-0.39, 0.29) is 0 Å². The maximum atomic E-state index is 3.91. The molecular formula is C11H24N2. The van der Waals surface area contributed by atoms with Gasteiger partial charge in [0.05, 0.1) is 6.17 Å². The van der Waals surface area contributed by atoms with Crippen LogP contribution in [0.1, 0.15) is 27.7 Å². The summed E-state index contributed by atoms with van der Waals surface area (Å²) in [6.45, 7) is 17.1. The van der Waals surface area contributed by atoms with E-state index in [2.05, 4.69) is 44.1 Å². The smallest absolute Gasteiger partial charge is 0.0811 e. The fourth-order valence-corrected chi connectivity index (χ4v) is 1.72. The minimum absolute atomic E-state index is 0.407. The van der Waals surface area contributed by atoms with Crippen LogP contribution in [0.25, 0.3) is 0 Å². The molecule has 0 aliphatic heterocycles. The van der Waals surface area contributed by atoms with Gasteiger partial charge in [-0.1, -0.05) is 33.8 Å². The van der Waals surface area contributed by atoms with Gasteiger partial charge in [-0.2, -0.15) is 0 Å². The zero-order chi connectivity index (χ0) is 10.3. The van der Waals surface area contributed by atoms with Crippen molar-refractivity contribution in [2.75, 3.05) is 26.2 Å². The van der Waals surface area contributed by atoms with E-state index in [9.17, 15) is 0 Å². The summed E-state index contributed by atoms with van der Waals surface area (Å²) in [4.78, 5) is 4.83. The second kappa shape index (κ2) is 7.10. The highest BCUT2D eigenvalue weighted by atomic mass is 15.3. The van der Waals surface area contributed by atoms with Crippen LogP contribution in [-0.4, -0.2) is 42.1 Å². The van der Waals surface area contributed by atoms with Crippen LogP contribution in [0.3, 0.4) is 0 Å². The summed E-state index contributed by atoms with van der Waals surface area (Å²) in [7, 11) is 0. The predicted molar refractivity (Wildman–Crippen MR) is 59.8 cm³/mol. The van der Waals surface area contributed by atoms with E-state index in [4.69, 9.17) is 0 Å². The normalized spacial score (nSPS) is 11.6. The van der Waals surface area contributed by atoms with Gasteiger partial charge in [-0.05, 0) is 26.2 Å². The number of likely N-dealkylation sites (N-methyl/N-ethyl adjacent to an activating group) is 2. The van der Waals surface area contributed by atoms with Gasteiger partial charge in [-0.15, -0.1) is 6.58 Å². The maximum absolute atomic E-state index is 3.91. The van der Waals surface area contributed by atoms with Crippen molar-refractivity contribution >= 4 is 0 Å². The third-order valence-electron chi connectivity index (χ3n) is 2.58. The quantitative estimate of drug-likeness (QED) is 0.442. The summed E-state index contributed by atoms with van der Waals surface area (Å²) >= 11 is 0. The highest BCUT2D eigenvalue weighted by molar-refractivity contribution is 4.86. The van der Waals surface area contributed by atoms with Crippen molar-refractivity contribution in [2.24, 2.45) is 0 Å². The maximum Gasteiger partial charge on any atom is 0.0811 e. The van der Waals surface area contributed by atoms with Gasteiger partial charge in [0.25, 0.3) is 0 Å². The molecule has 0 saturated carbocycles. The largest absolute Gasteiger partial charge is 0.285 e. The van der Waals surface area contributed by atoms with E-state index in [0.717, 1.165) is 26.2 Å². The molecule has 0 radical (unpaired) electrons. The van der Waals surface area contributed by atoms with E-state index in [1.54, 1.807) is 0 Å². The monoisotopic (exact) mass is 184 g/mol. The fraction of sp³-hybridized carbons (Fsp3) is 0.818. The molecule has 78 valence electrons. The van der Waals surface area contributed by atoms with Gasteiger partial charge in [0, 0.05) is 0 Å². The van der Waals surface area contributed by atoms with Gasteiger partial charge in [0.15, 0.2) is 0 Å². The second-order valence-electron chi connectivity index (χ2n) is 3.09.